The number of benzene rings is 4. The van der Waals surface area contributed by atoms with Gasteiger partial charge in [-0.2, -0.15) is 0 Å². The van der Waals surface area contributed by atoms with E-state index in [1.54, 1.807) is 0 Å². The van der Waals surface area contributed by atoms with Crippen LogP contribution in [0.4, 0.5) is 0 Å². The number of hydrogen-bond acceptors (Lipinski definition) is 3. The standard InChI is InChI=1S/C39H43O4P/c1-21-15-23(3)31(24(4)16-21)27-11-13-29-33-35(27)42-44(40,41)43-36-28(32-25(5)17-22(2)18-26(32)6)12-14-30-34(36)39(33,19-37(29,7)8)20-38(30,9)10/h11-18H,19-20H2,1-10H3,(H,40,41). The predicted molar refractivity (Wildman–Crippen MR) is 179 cm³/mol. The molecule has 4 aromatic carbocycles. The summed E-state index contributed by atoms with van der Waals surface area (Å²) in [6.45, 7) is 21.8. The molecule has 3 aliphatic rings. The van der Waals surface area contributed by atoms with Crippen LogP contribution < -0.4 is 9.05 Å². The van der Waals surface area contributed by atoms with Crippen molar-refractivity contribution in [3.63, 3.8) is 0 Å². The fourth-order valence-electron chi connectivity index (χ4n) is 9.53. The SMILES string of the molecule is Cc1cc(C)c(-c2ccc3c4c2OP(=O)(O)Oc2c(-c5c(C)cc(C)cc5C)ccc5c2C4(CC3(C)C)CC5(C)C)c(C)c1. The maximum atomic E-state index is 14.3. The van der Waals surface area contributed by atoms with Gasteiger partial charge in [-0.15, -0.1) is 0 Å². The molecule has 5 heteroatoms. The van der Waals surface area contributed by atoms with Gasteiger partial charge in [0.25, 0.3) is 0 Å². The molecule has 2 aliphatic carbocycles. The highest BCUT2D eigenvalue weighted by Crippen LogP contribution is 2.71. The Morgan fingerprint density at radius 2 is 0.955 bits per heavy atom. The molecule has 7 rings (SSSR count). The van der Waals surface area contributed by atoms with E-state index in [0.29, 0.717) is 11.5 Å². The Labute approximate surface area is 262 Å². The Bertz CT molecular complexity index is 1790. The van der Waals surface area contributed by atoms with Crippen LogP contribution >= 0.6 is 7.82 Å². The summed E-state index contributed by atoms with van der Waals surface area (Å²) in [5.74, 6) is 0.993. The van der Waals surface area contributed by atoms with Crippen LogP contribution in [0, 0.1) is 41.5 Å². The molecule has 0 aromatic heterocycles. The van der Waals surface area contributed by atoms with Gasteiger partial charge in [-0.05, 0) is 110 Å². The van der Waals surface area contributed by atoms with Gasteiger partial charge in [0.2, 0.25) is 0 Å². The summed E-state index contributed by atoms with van der Waals surface area (Å²) < 4.78 is 27.0. The molecule has 1 N–H and O–H groups in total. The van der Waals surface area contributed by atoms with E-state index < -0.39 is 13.2 Å². The summed E-state index contributed by atoms with van der Waals surface area (Å²) in [6.07, 6.45) is 1.72. The van der Waals surface area contributed by atoms with Gasteiger partial charge in [-0.1, -0.05) is 87.4 Å². The second kappa shape index (κ2) is 9.12. The Morgan fingerprint density at radius 3 is 1.30 bits per heavy atom. The first kappa shape index (κ1) is 29.4. The van der Waals surface area contributed by atoms with Crippen molar-refractivity contribution in [3.8, 4) is 33.8 Å². The van der Waals surface area contributed by atoms with E-state index in [2.05, 4.69) is 118 Å². The molecule has 4 aromatic rings. The normalized spacial score (nSPS) is 19.3. The quantitative estimate of drug-likeness (QED) is 0.231. The monoisotopic (exact) mass is 606 g/mol. The molecule has 228 valence electrons. The molecule has 0 bridgehead atoms. The first-order chi connectivity index (χ1) is 20.5. The van der Waals surface area contributed by atoms with E-state index in [1.165, 1.54) is 22.3 Å². The van der Waals surface area contributed by atoms with Crippen LogP contribution in [0.5, 0.6) is 11.5 Å². The van der Waals surface area contributed by atoms with Crippen molar-refractivity contribution in [1.29, 1.82) is 0 Å². The van der Waals surface area contributed by atoms with E-state index in [9.17, 15) is 9.46 Å². The lowest BCUT2D eigenvalue weighted by molar-refractivity contribution is 0.276. The van der Waals surface area contributed by atoms with Crippen molar-refractivity contribution in [2.45, 2.75) is 98.3 Å². The molecule has 0 amide bonds. The van der Waals surface area contributed by atoms with Gasteiger partial charge >= 0.3 is 7.82 Å². The van der Waals surface area contributed by atoms with Gasteiger partial charge in [0.15, 0.2) is 0 Å². The summed E-state index contributed by atoms with van der Waals surface area (Å²) in [5.41, 5.74) is 14.3. The van der Waals surface area contributed by atoms with Gasteiger partial charge in [-0.25, -0.2) is 4.57 Å². The average Bonchev–Trinajstić information content (AvgIpc) is 3.23. The molecule has 0 saturated carbocycles. The van der Waals surface area contributed by atoms with Crippen LogP contribution in [0.3, 0.4) is 0 Å². The topological polar surface area (TPSA) is 55.8 Å². The lowest BCUT2D eigenvalue weighted by Crippen LogP contribution is -2.29. The highest BCUT2D eigenvalue weighted by atomic mass is 31.2. The fraction of sp³-hybridized carbons (Fsp3) is 0.385. The van der Waals surface area contributed by atoms with E-state index in [1.807, 2.05) is 0 Å². The van der Waals surface area contributed by atoms with Crippen molar-refractivity contribution >= 4 is 7.82 Å². The smallest absolute Gasteiger partial charge is 0.394 e. The Hall–Kier alpha value is -3.33. The first-order valence-electron chi connectivity index (χ1n) is 15.7. The second-order valence-corrected chi connectivity index (χ2v) is 16.4. The zero-order valence-corrected chi connectivity index (χ0v) is 28.5. The van der Waals surface area contributed by atoms with Crippen molar-refractivity contribution in [2.75, 3.05) is 0 Å². The number of aryl methyl sites for hydroxylation is 6. The third kappa shape index (κ3) is 4.03. The average molecular weight is 607 g/mol. The molecule has 0 unspecified atom stereocenters. The maximum absolute atomic E-state index is 14.3. The summed E-state index contributed by atoms with van der Waals surface area (Å²) in [7, 11) is -4.62. The molecular weight excluding hydrogens is 563 g/mol. The van der Waals surface area contributed by atoms with Crippen LogP contribution in [0.15, 0.2) is 48.5 Å². The molecule has 0 fully saturated rings. The highest BCUT2D eigenvalue weighted by molar-refractivity contribution is 7.48. The minimum atomic E-state index is -4.62. The molecule has 1 spiro atoms. The molecule has 1 heterocycles. The van der Waals surface area contributed by atoms with Crippen LogP contribution in [-0.2, 0) is 20.8 Å². The van der Waals surface area contributed by atoms with Gasteiger partial charge in [0.1, 0.15) is 11.5 Å². The van der Waals surface area contributed by atoms with E-state index in [0.717, 1.165) is 68.5 Å². The molecular formula is C39H43O4P. The van der Waals surface area contributed by atoms with Crippen LogP contribution in [0.2, 0.25) is 0 Å². The van der Waals surface area contributed by atoms with Crippen molar-refractivity contribution in [1.82, 2.24) is 0 Å². The van der Waals surface area contributed by atoms with Crippen molar-refractivity contribution in [3.05, 3.63) is 104 Å². The lowest BCUT2D eigenvalue weighted by Gasteiger charge is -2.35. The minimum Gasteiger partial charge on any atom is -0.394 e. The Morgan fingerprint density at radius 1 is 0.614 bits per heavy atom. The molecule has 0 radical (unpaired) electrons. The van der Waals surface area contributed by atoms with Crippen LogP contribution in [0.1, 0.15) is 96.2 Å². The van der Waals surface area contributed by atoms with Gasteiger partial charge in [0.05, 0.1) is 0 Å². The molecule has 4 nitrogen and oxygen atoms in total. The number of phosphoric acid groups is 1. The second-order valence-electron chi connectivity index (χ2n) is 15.1. The van der Waals surface area contributed by atoms with Gasteiger partial charge in [0, 0.05) is 27.7 Å². The number of rotatable bonds is 2. The largest absolute Gasteiger partial charge is 0.584 e. The summed E-state index contributed by atoms with van der Waals surface area (Å²) in [6, 6.07) is 17.4. The number of hydrogen-bond donors (Lipinski definition) is 1. The van der Waals surface area contributed by atoms with E-state index in [4.69, 9.17) is 9.05 Å². The highest BCUT2D eigenvalue weighted by Gasteiger charge is 2.61. The number of phosphoric ester groups is 1. The zero-order chi connectivity index (χ0) is 31.7. The predicted octanol–water partition coefficient (Wildman–Crippen LogP) is 10.4. The van der Waals surface area contributed by atoms with Gasteiger partial charge < -0.3 is 9.05 Å². The van der Waals surface area contributed by atoms with Crippen molar-refractivity contribution in [2.24, 2.45) is 0 Å². The fourth-order valence-corrected chi connectivity index (χ4v) is 10.4. The minimum absolute atomic E-state index is 0.187. The maximum Gasteiger partial charge on any atom is 0.584 e. The third-order valence-corrected chi connectivity index (χ3v) is 11.4. The molecule has 0 atom stereocenters. The first-order valence-corrected chi connectivity index (χ1v) is 17.2. The third-order valence-electron chi connectivity index (χ3n) is 10.5. The Kier molecular flexibility index (Phi) is 6.09. The van der Waals surface area contributed by atoms with Crippen LogP contribution in [-0.4, -0.2) is 4.89 Å². The zero-order valence-electron chi connectivity index (χ0n) is 27.7. The van der Waals surface area contributed by atoms with Crippen molar-refractivity contribution < 1.29 is 18.5 Å². The van der Waals surface area contributed by atoms with E-state index >= 15 is 0 Å². The summed E-state index contributed by atoms with van der Waals surface area (Å²) >= 11 is 0. The van der Waals surface area contributed by atoms with Gasteiger partial charge in [-0.3, -0.25) is 4.89 Å². The molecule has 0 saturated heterocycles. The molecule has 1 aliphatic heterocycles. The summed E-state index contributed by atoms with van der Waals surface area (Å²) in [5, 5.41) is 0. The Balaban J connectivity index is 1.64. The summed E-state index contributed by atoms with van der Waals surface area (Å²) in [4.78, 5) is 11.6. The molecule has 44 heavy (non-hydrogen) atoms. The van der Waals surface area contributed by atoms with E-state index in [-0.39, 0.29) is 10.8 Å². The lowest BCUT2D eigenvalue weighted by atomic mass is 9.71. The van der Waals surface area contributed by atoms with Crippen LogP contribution in [0.25, 0.3) is 22.3 Å².